The molecule has 0 bridgehead atoms. The number of unbranched alkanes of at least 4 members (excludes halogenated alkanes) is 8. The van der Waals surface area contributed by atoms with Gasteiger partial charge in [0.25, 0.3) is 0 Å². The molecule has 5 aliphatic heterocycles. The number of rotatable bonds is 29. The zero-order valence-corrected chi connectivity index (χ0v) is 44.5. The van der Waals surface area contributed by atoms with E-state index in [2.05, 4.69) is 28.4 Å². The average Bonchev–Trinajstić information content (AvgIpc) is 4.12. The van der Waals surface area contributed by atoms with E-state index in [0.29, 0.717) is 95.2 Å². The summed E-state index contributed by atoms with van der Waals surface area (Å²) in [4.78, 5) is 74.7. The number of benzene rings is 2. The summed E-state index contributed by atoms with van der Waals surface area (Å²) in [6, 6.07) is 11.2. The van der Waals surface area contributed by atoms with Gasteiger partial charge in [0.2, 0.25) is 0 Å². The van der Waals surface area contributed by atoms with Crippen molar-refractivity contribution in [1.29, 1.82) is 0 Å². The lowest BCUT2D eigenvalue weighted by Crippen LogP contribution is -2.33. The molecule has 16 heteroatoms. The van der Waals surface area contributed by atoms with Crippen LogP contribution in [-0.4, -0.2) is 121 Å². The highest BCUT2D eigenvalue weighted by molar-refractivity contribution is 5.87. The molecule has 2 aromatic rings. The lowest BCUT2D eigenvalue weighted by molar-refractivity contribution is -0.163. The monoisotopic (exact) mass is 1030 g/mol. The highest BCUT2D eigenvalue weighted by Gasteiger charge is 2.33. The summed E-state index contributed by atoms with van der Waals surface area (Å²) in [5, 5.41) is 20.1. The number of esters is 3. The summed E-state index contributed by atoms with van der Waals surface area (Å²) in [7, 11) is 0. The van der Waals surface area contributed by atoms with Crippen LogP contribution in [0.25, 0.3) is 0 Å². The molecule has 0 amide bonds. The Hall–Kier alpha value is -5.06. The molecule has 16 nitrogen and oxygen atoms in total. The second-order valence-electron chi connectivity index (χ2n) is 20.5. The summed E-state index contributed by atoms with van der Waals surface area (Å²) >= 11 is 0. The SMILES string of the molecule is CCCCCCCC(=O)C[C@H](CN1CCCC1)[C@H](O)c1ccc2c(c1)OCCO2.CCCCCCCC(=O)C[C@H](CN1CCCC1)[C@H](OC(=O)CCCC(=O)O)c1ccc2c(c1)OCCO2.O=C1CCCC(=O)O1. The predicted octanol–water partition coefficient (Wildman–Crippen LogP) is 10.1. The number of fused-ring (bicyclic) bond motifs is 2. The average molecular weight is 1040 g/mol. The van der Waals surface area contributed by atoms with Crippen molar-refractivity contribution >= 4 is 35.4 Å². The van der Waals surface area contributed by atoms with Crippen molar-refractivity contribution < 1.29 is 67.4 Å². The third-order valence-corrected chi connectivity index (χ3v) is 14.2. The standard InChI is InChI=1S/C29H43NO7.C24H37NO4.C5H6O3/c1-2-3-4-5-6-10-24(31)19-23(21-30-15-7-8-16-30)29(37-28(34)12-9-11-27(32)33)22-13-14-25-26(20-22)36-18-17-35-25;1-2-3-4-5-6-9-21(26)16-20(18-25-12-7-8-13-25)24(27)19-10-11-22-23(17-19)29-15-14-28-22;6-4-2-1-3-5(7)8-4/h13-14,20,23,29H,2-12,15-19,21H2,1H3,(H,32,33);10-11,17,20,24,27H,2-9,12-16,18H2,1H3;1-3H2/t23-,29-;20-,24-;/m11./s1. The van der Waals surface area contributed by atoms with Gasteiger partial charge < -0.3 is 48.4 Å². The molecule has 2 N–H and O–H groups in total. The van der Waals surface area contributed by atoms with Crippen molar-refractivity contribution in [3.63, 3.8) is 0 Å². The number of nitrogens with zero attached hydrogens (tertiary/aromatic N) is 2. The van der Waals surface area contributed by atoms with Crippen LogP contribution in [0, 0.1) is 11.8 Å². The van der Waals surface area contributed by atoms with Crippen molar-refractivity contribution in [2.24, 2.45) is 11.8 Å². The van der Waals surface area contributed by atoms with E-state index in [1.54, 1.807) is 0 Å². The van der Waals surface area contributed by atoms with E-state index in [0.717, 1.165) is 94.5 Å². The lowest BCUT2D eigenvalue weighted by atomic mass is 9.88. The molecular formula is C58H86N2O14. The number of hydrogen-bond donors (Lipinski definition) is 2. The van der Waals surface area contributed by atoms with Crippen molar-refractivity contribution in [1.82, 2.24) is 9.80 Å². The normalized spacial score (nSPS) is 17.9. The number of aliphatic hydroxyl groups is 1. The minimum Gasteiger partial charge on any atom is -0.486 e. The van der Waals surface area contributed by atoms with Crippen LogP contribution in [0.1, 0.15) is 191 Å². The van der Waals surface area contributed by atoms with Crippen LogP contribution in [0.2, 0.25) is 0 Å². The van der Waals surface area contributed by atoms with Crippen LogP contribution in [0.15, 0.2) is 36.4 Å². The van der Waals surface area contributed by atoms with Crippen LogP contribution in [0.3, 0.4) is 0 Å². The summed E-state index contributed by atoms with van der Waals surface area (Å²) < 4.78 is 33.0. The van der Waals surface area contributed by atoms with Gasteiger partial charge in [-0.3, -0.25) is 28.8 Å². The van der Waals surface area contributed by atoms with Crippen molar-refractivity contribution in [3.8, 4) is 23.0 Å². The Morgan fingerprint density at radius 1 is 0.554 bits per heavy atom. The Labute approximate surface area is 439 Å². The first-order chi connectivity index (χ1) is 35.9. The Kier molecular flexibility index (Phi) is 27.3. The van der Waals surface area contributed by atoms with Gasteiger partial charge >= 0.3 is 23.9 Å². The summed E-state index contributed by atoms with van der Waals surface area (Å²) in [6.45, 7) is 11.9. The zero-order chi connectivity index (χ0) is 52.9. The van der Waals surface area contributed by atoms with Crippen LogP contribution < -0.4 is 18.9 Å². The van der Waals surface area contributed by atoms with E-state index in [1.165, 1.54) is 44.9 Å². The zero-order valence-electron chi connectivity index (χ0n) is 44.5. The van der Waals surface area contributed by atoms with Gasteiger partial charge in [0.1, 0.15) is 44.1 Å². The van der Waals surface area contributed by atoms with Gasteiger partial charge in [-0.15, -0.1) is 0 Å². The molecule has 5 heterocycles. The third-order valence-electron chi connectivity index (χ3n) is 14.2. The first-order valence-electron chi connectivity index (χ1n) is 28.0. The van der Waals surface area contributed by atoms with Crippen LogP contribution in [0.4, 0.5) is 0 Å². The van der Waals surface area contributed by atoms with Crippen LogP contribution in [0.5, 0.6) is 23.0 Å². The smallest absolute Gasteiger partial charge is 0.313 e. The molecule has 0 aliphatic carbocycles. The number of Topliss-reactive ketones (excluding diaryl/α,β-unsaturated/α-hetero) is 2. The molecule has 4 atom stereocenters. The maximum atomic E-state index is 13.1. The number of likely N-dealkylation sites (tertiary alicyclic amines) is 2. The van der Waals surface area contributed by atoms with E-state index < -0.39 is 24.1 Å². The molecule has 2 aromatic carbocycles. The topological polar surface area (TPSA) is 205 Å². The number of carbonyl (C=O) groups is 6. The number of ketones is 2. The molecule has 5 aliphatic rings. The van der Waals surface area contributed by atoms with Crippen LogP contribution in [-0.2, 0) is 38.2 Å². The number of cyclic esters (lactones) is 2. The van der Waals surface area contributed by atoms with Gasteiger partial charge in [-0.1, -0.05) is 77.3 Å². The van der Waals surface area contributed by atoms with Crippen molar-refractivity contribution in [2.45, 2.75) is 180 Å². The number of aliphatic hydroxyl groups excluding tert-OH is 1. The van der Waals surface area contributed by atoms with E-state index in [-0.39, 0.29) is 54.6 Å². The maximum Gasteiger partial charge on any atom is 0.313 e. The molecule has 7 rings (SSSR count). The fourth-order valence-electron chi connectivity index (χ4n) is 10.2. The minimum absolute atomic E-state index is 0.0230. The maximum absolute atomic E-state index is 13.1. The van der Waals surface area contributed by atoms with E-state index in [9.17, 15) is 33.9 Å². The van der Waals surface area contributed by atoms with Crippen LogP contribution >= 0.6 is 0 Å². The number of carboxylic acids is 1. The highest BCUT2D eigenvalue weighted by Crippen LogP contribution is 2.39. The lowest BCUT2D eigenvalue weighted by Gasteiger charge is -2.31. The van der Waals surface area contributed by atoms with Gasteiger partial charge in [0, 0.05) is 76.3 Å². The molecule has 0 aromatic heterocycles. The first-order valence-corrected chi connectivity index (χ1v) is 28.0. The molecule has 0 unspecified atom stereocenters. The van der Waals surface area contributed by atoms with Gasteiger partial charge in [0.05, 0.1) is 6.10 Å². The number of hydrogen-bond acceptors (Lipinski definition) is 15. The van der Waals surface area contributed by atoms with Gasteiger partial charge in [-0.25, -0.2) is 0 Å². The minimum atomic E-state index is -0.937. The molecule has 0 spiro atoms. The fourth-order valence-corrected chi connectivity index (χ4v) is 10.2. The molecule has 0 radical (unpaired) electrons. The van der Waals surface area contributed by atoms with Gasteiger partial charge in [-0.2, -0.15) is 0 Å². The summed E-state index contributed by atoms with van der Waals surface area (Å²) in [6.07, 6.45) is 18.1. The van der Waals surface area contributed by atoms with E-state index >= 15 is 0 Å². The predicted molar refractivity (Wildman–Crippen MR) is 279 cm³/mol. The van der Waals surface area contributed by atoms with E-state index in [4.69, 9.17) is 28.8 Å². The Balaban J connectivity index is 0.000000242. The Morgan fingerprint density at radius 3 is 1.50 bits per heavy atom. The molecule has 3 fully saturated rings. The van der Waals surface area contributed by atoms with Crippen molar-refractivity contribution in [2.75, 3.05) is 65.7 Å². The molecule has 412 valence electrons. The Bertz CT molecular complexity index is 2040. The number of ether oxygens (including phenoxy) is 6. The van der Waals surface area contributed by atoms with Crippen molar-refractivity contribution in [3.05, 3.63) is 47.5 Å². The quantitative estimate of drug-likeness (QED) is 0.0442. The number of aliphatic carboxylic acids is 1. The van der Waals surface area contributed by atoms with Gasteiger partial charge in [0.15, 0.2) is 23.0 Å². The van der Waals surface area contributed by atoms with E-state index in [1.807, 2.05) is 36.4 Å². The molecule has 74 heavy (non-hydrogen) atoms. The molecule has 0 saturated carbocycles. The molecule has 3 saturated heterocycles. The fraction of sp³-hybridized carbons (Fsp3) is 0.690. The highest BCUT2D eigenvalue weighted by atomic mass is 16.6. The summed E-state index contributed by atoms with van der Waals surface area (Å²) in [5.74, 6) is 0.716. The largest absolute Gasteiger partial charge is 0.486 e. The second-order valence-corrected chi connectivity index (χ2v) is 20.5. The second kappa shape index (κ2) is 33.8. The summed E-state index contributed by atoms with van der Waals surface area (Å²) in [5.41, 5.74) is 1.59. The van der Waals surface area contributed by atoms with Gasteiger partial charge in [-0.05, 0) is 113 Å². The third kappa shape index (κ3) is 22.0. The first kappa shape index (κ1) is 59.8. The Morgan fingerprint density at radius 2 is 1.01 bits per heavy atom. The molecular weight excluding hydrogens is 949 g/mol. The number of carboxylic acid groups (broad SMARTS) is 1. The number of carbonyl (C=O) groups excluding carboxylic acids is 5.